The normalized spacial score (nSPS) is 9.94. The molecule has 0 atom stereocenters. The SMILES string of the molecule is Cc1cc(=[N+](C)C)oc2cc(O)ccc12.[I-]. The maximum atomic E-state index is 9.38. The number of hydrogen-bond donors (Lipinski definition) is 1. The minimum Gasteiger partial charge on any atom is -1.00 e. The summed E-state index contributed by atoms with van der Waals surface area (Å²) in [6, 6.07) is 7.15. The summed E-state index contributed by atoms with van der Waals surface area (Å²) in [7, 11) is 3.85. The van der Waals surface area contributed by atoms with E-state index in [4.69, 9.17) is 4.42 Å². The Morgan fingerprint density at radius 1 is 1.19 bits per heavy atom. The highest BCUT2D eigenvalue weighted by Gasteiger charge is 2.04. The first kappa shape index (κ1) is 13.0. The van der Waals surface area contributed by atoms with Gasteiger partial charge < -0.3 is 33.5 Å². The molecule has 4 heteroatoms. The number of nitrogens with zero attached hydrogens (tertiary/aromatic N) is 1. The van der Waals surface area contributed by atoms with Crippen molar-refractivity contribution in [2.45, 2.75) is 6.92 Å². The molecule has 0 amide bonds. The van der Waals surface area contributed by atoms with E-state index in [2.05, 4.69) is 0 Å². The standard InChI is InChI=1S/C12H13NO2.HI/c1-8-6-12(13(2)3)15-11-7-9(14)4-5-10(8)11;/h4-7H,1-3H3;1H. The molecule has 0 unspecified atom stereocenters. The second-order valence-corrected chi connectivity index (χ2v) is 3.84. The van der Waals surface area contributed by atoms with Crippen molar-refractivity contribution in [2.75, 3.05) is 14.1 Å². The summed E-state index contributed by atoms with van der Waals surface area (Å²) < 4.78 is 7.55. The minimum atomic E-state index is 0. The van der Waals surface area contributed by atoms with Crippen LogP contribution in [-0.2, 0) is 0 Å². The first-order valence-electron chi connectivity index (χ1n) is 4.82. The van der Waals surface area contributed by atoms with Gasteiger partial charge in [0.05, 0.1) is 6.07 Å². The van der Waals surface area contributed by atoms with Gasteiger partial charge in [-0.3, -0.25) is 0 Å². The molecule has 0 bridgehead atoms. The van der Waals surface area contributed by atoms with Crippen LogP contribution in [0.15, 0.2) is 28.7 Å². The average molecular weight is 331 g/mol. The van der Waals surface area contributed by atoms with Gasteiger partial charge in [0, 0.05) is 11.5 Å². The number of benzene rings is 1. The van der Waals surface area contributed by atoms with E-state index in [1.807, 2.05) is 37.7 Å². The van der Waals surface area contributed by atoms with E-state index in [9.17, 15) is 5.11 Å². The fourth-order valence-electron chi connectivity index (χ4n) is 1.55. The molecule has 0 aliphatic carbocycles. The van der Waals surface area contributed by atoms with Crippen molar-refractivity contribution in [2.24, 2.45) is 0 Å². The molecule has 3 nitrogen and oxygen atoms in total. The lowest BCUT2D eigenvalue weighted by Gasteiger charge is -2.00. The first-order valence-corrected chi connectivity index (χ1v) is 4.82. The quantitative estimate of drug-likeness (QED) is 0.470. The van der Waals surface area contributed by atoms with Crippen molar-refractivity contribution in [3.8, 4) is 5.75 Å². The smallest absolute Gasteiger partial charge is 0.367 e. The van der Waals surface area contributed by atoms with Crippen molar-refractivity contribution in [3.63, 3.8) is 0 Å². The summed E-state index contributed by atoms with van der Waals surface area (Å²) in [5, 5.41) is 10.4. The van der Waals surface area contributed by atoms with Gasteiger partial charge >= 0.3 is 5.55 Å². The highest BCUT2D eigenvalue weighted by Crippen LogP contribution is 2.20. The van der Waals surface area contributed by atoms with Crippen molar-refractivity contribution in [1.29, 1.82) is 0 Å². The second kappa shape index (κ2) is 4.86. The molecule has 0 radical (unpaired) electrons. The van der Waals surface area contributed by atoms with Gasteiger partial charge in [-0.05, 0) is 24.6 Å². The van der Waals surface area contributed by atoms with Crippen molar-refractivity contribution in [1.82, 2.24) is 4.58 Å². The third-order valence-electron chi connectivity index (χ3n) is 2.39. The van der Waals surface area contributed by atoms with E-state index in [1.165, 1.54) is 0 Å². The molecular weight excluding hydrogens is 317 g/mol. The summed E-state index contributed by atoms with van der Waals surface area (Å²) in [4.78, 5) is 0. The van der Waals surface area contributed by atoms with Gasteiger partial charge in [-0.25, -0.2) is 4.58 Å². The van der Waals surface area contributed by atoms with E-state index >= 15 is 0 Å². The third kappa shape index (κ3) is 2.37. The van der Waals surface area contributed by atoms with Gasteiger partial charge in [0.2, 0.25) is 0 Å². The van der Waals surface area contributed by atoms with Crippen LogP contribution in [0.3, 0.4) is 0 Å². The Hall–Kier alpha value is -1.04. The fraction of sp³-hybridized carbons (Fsp3) is 0.250. The van der Waals surface area contributed by atoms with Crippen molar-refractivity contribution < 1.29 is 33.5 Å². The van der Waals surface area contributed by atoms with Gasteiger partial charge in [-0.2, -0.15) is 0 Å². The molecular formula is C12H14INO2. The average Bonchev–Trinajstić information content (AvgIpc) is 2.16. The molecule has 1 heterocycles. The lowest BCUT2D eigenvalue weighted by molar-refractivity contribution is -0.00000478. The third-order valence-corrected chi connectivity index (χ3v) is 2.39. The number of phenolic OH excluding ortho intramolecular Hbond substituents is 1. The van der Waals surface area contributed by atoms with Crippen LogP contribution in [-0.4, -0.2) is 19.2 Å². The fourth-order valence-corrected chi connectivity index (χ4v) is 1.55. The van der Waals surface area contributed by atoms with E-state index in [1.54, 1.807) is 12.1 Å². The zero-order valence-corrected chi connectivity index (χ0v) is 11.6. The number of aromatic hydroxyl groups is 1. The maximum absolute atomic E-state index is 9.38. The molecule has 0 aliphatic heterocycles. The Labute approximate surface area is 111 Å². The molecule has 1 aromatic carbocycles. The molecule has 1 aromatic heterocycles. The van der Waals surface area contributed by atoms with Crippen molar-refractivity contribution in [3.05, 3.63) is 35.4 Å². The van der Waals surface area contributed by atoms with Crippen LogP contribution in [0.25, 0.3) is 11.0 Å². The van der Waals surface area contributed by atoms with Crippen LogP contribution in [0.5, 0.6) is 5.75 Å². The zero-order chi connectivity index (χ0) is 11.0. The second-order valence-electron chi connectivity index (χ2n) is 3.84. The van der Waals surface area contributed by atoms with Crippen LogP contribution in [0.1, 0.15) is 5.56 Å². The van der Waals surface area contributed by atoms with Gasteiger partial charge in [-0.1, -0.05) is 0 Å². The van der Waals surface area contributed by atoms with E-state index in [0.717, 1.165) is 16.5 Å². The highest BCUT2D eigenvalue weighted by atomic mass is 127. The van der Waals surface area contributed by atoms with Crippen molar-refractivity contribution >= 4 is 11.0 Å². The van der Waals surface area contributed by atoms with E-state index in [-0.39, 0.29) is 29.7 Å². The number of halogens is 1. The lowest BCUT2D eigenvalue weighted by atomic mass is 10.1. The molecule has 0 saturated heterocycles. The summed E-state index contributed by atoms with van der Waals surface area (Å²) >= 11 is 0. The van der Waals surface area contributed by atoms with Gasteiger partial charge in [0.25, 0.3) is 0 Å². The van der Waals surface area contributed by atoms with Crippen LogP contribution < -0.4 is 34.1 Å². The Morgan fingerprint density at radius 2 is 1.88 bits per heavy atom. The molecule has 0 fully saturated rings. The van der Waals surface area contributed by atoms with Gasteiger partial charge in [-0.15, -0.1) is 0 Å². The Kier molecular flexibility index (Phi) is 3.96. The predicted octanol–water partition coefficient (Wildman–Crippen LogP) is -1.52. The maximum Gasteiger partial charge on any atom is 0.367 e. The predicted molar refractivity (Wildman–Crippen MR) is 59.7 cm³/mol. The molecule has 16 heavy (non-hydrogen) atoms. The minimum absolute atomic E-state index is 0. The summed E-state index contributed by atoms with van der Waals surface area (Å²) in [5.41, 5.74) is 2.63. The van der Waals surface area contributed by atoms with Gasteiger partial charge in [0.15, 0.2) is 0 Å². The summed E-state index contributed by atoms with van der Waals surface area (Å²) in [6.07, 6.45) is 0. The van der Waals surface area contributed by atoms with Crippen LogP contribution in [0.4, 0.5) is 0 Å². The summed E-state index contributed by atoms with van der Waals surface area (Å²) in [6.45, 7) is 2.03. The van der Waals surface area contributed by atoms with E-state index < -0.39 is 0 Å². The molecule has 0 saturated carbocycles. The number of rotatable bonds is 0. The molecule has 86 valence electrons. The molecule has 2 aromatic rings. The highest BCUT2D eigenvalue weighted by molar-refractivity contribution is 5.81. The zero-order valence-electron chi connectivity index (χ0n) is 9.49. The summed E-state index contributed by atoms with van der Waals surface area (Å²) in [5.74, 6) is 0.224. The number of hydrogen-bond acceptors (Lipinski definition) is 2. The molecule has 2 rings (SSSR count). The van der Waals surface area contributed by atoms with Crippen LogP contribution in [0, 0.1) is 6.92 Å². The lowest BCUT2D eigenvalue weighted by Crippen LogP contribution is -3.00. The topological polar surface area (TPSA) is 36.4 Å². The number of aryl methyl sites for hydroxylation is 1. The Bertz CT molecular complexity index is 583. The Balaban J connectivity index is 0.00000128. The largest absolute Gasteiger partial charge is 1.00 e. The van der Waals surface area contributed by atoms with Gasteiger partial charge in [0.1, 0.15) is 25.4 Å². The molecule has 0 aliphatic rings. The monoisotopic (exact) mass is 331 g/mol. The first-order chi connectivity index (χ1) is 7.08. The Morgan fingerprint density at radius 3 is 2.50 bits per heavy atom. The number of phenols is 1. The van der Waals surface area contributed by atoms with Crippen LogP contribution >= 0.6 is 0 Å². The number of fused-ring (bicyclic) bond motifs is 1. The van der Waals surface area contributed by atoms with E-state index in [0.29, 0.717) is 5.58 Å². The molecule has 0 spiro atoms. The molecule has 1 N–H and O–H groups in total. The van der Waals surface area contributed by atoms with Crippen LogP contribution in [0.2, 0.25) is 0 Å².